The molecule has 0 aliphatic rings. The molecular formula is C20H32N2O3. The summed E-state index contributed by atoms with van der Waals surface area (Å²) >= 11 is 0. The van der Waals surface area contributed by atoms with Crippen LogP contribution in [0, 0.1) is 11.3 Å². The van der Waals surface area contributed by atoms with Gasteiger partial charge in [0, 0.05) is 18.7 Å². The van der Waals surface area contributed by atoms with Gasteiger partial charge in [0.25, 0.3) is 0 Å². The summed E-state index contributed by atoms with van der Waals surface area (Å²) in [7, 11) is 0. The first-order valence-electron chi connectivity index (χ1n) is 8.77. The molecule has 0 saturated heterocycles. The van der Waals surface area contributed by atoms with Crippen molar-refractivity contribution >= 4 is 17.5 Å². The third-order valence-corrected chi connectivity index (χ3v) is 4.18. The highest BCUT2D eigenvalue weighted by molar-refractivity contribution is 5.91. The van der Waals surface area contributed by atoms with Gasteiger partial charge in [-0.1, -0.05) is 46.8 Å². The van der Waals surface area contributed by atoms with Gasteiger partial charge < -0.3 is 15.7 Å². The predicted molar refractivity (Wildman–Crippen MR) is 101 cm³/mol. The summed E-state index contributed by atoms with van der Waals surface area (Å²) in [6, 6.07) is 7.25. The van der Waals surface area contributed by atoms with Gasteiger partial charge in [-0.15, -0.1) is 0 Å². The lowest BCUT2D eigenvalue weighted by Gasteiger charge is -2.27. The molecule has 0 saturated carbocycles. The third kappa shape index (κ3) is 8.16. The van der Waals surface area contributed by atoms with Crippen LogP contribution in [0.1, 0.15) is 53.5 Å². The molecule has 5 heteroatoms. The molecule has 25 heavy (non-hydrogen) atoms. The summed E-state index contributed by atoms with van der Waals surface area (Å²) in [5, 5.41) is 15.8. The SMILES string of the molecule is CC(C)C(C)(O)CNC(=O)Cc1ccc(NC(=O)CC(C)(C)C)cc1. The van der Waals surface area contributed by atoms with E-state index in [4.69, 9.17) is 0 Å². The number of carbonyl (C=O) groups is 2. The van der Waals surface area contributed by atoms with E-state index in [-0.39, 0.29) is 36.1 Å². The molecule has 1 atom stereocenters. The number of anilines is 1. The molecule has 3 N–H and O–H groups in total. The zero-order chi connectivity index (χ0) is 19.3. The number of amides is 2. The fourth-order valence-corrected chi connectivity index (χ4v) is 2.12. The van der Waals surface area contributed by atoms with Crippen molar-refractivity contribution in [2.24, 2.45) is 11.3 Å². The van der Waals surface area contributed by atoms with Gasteiger partial charge in [0.05, 0.1) is 12.0 Å². The molecular weight excluding hydrogens is 316 g/mol. The molecule has 0 aliphatic carbocycles. The monoisotopic (exact) mass is 348 g/mol. The van der Waals surface area contributed by atoms with Gasteiger partial charge >= 0.3 is 0 Å². The highest BCUT2D eigenvalue weighted by atomic mass is 16.3. The molecule has 1 aromatic rings. The number of aliphatic hydroxyl groups is 1. The lowest BCUT2D eigenvalue weighted by Crippen LogP contribution is -2.44. The van der Waals surface area contributed by atoms with Gasteiger partial charge in [-0.05, 0) is 36.0 Å². The van der Waals surface area contributed by atoms with E-state index < -0.39 is 5.60 Å². The van der Waals surface area contributed by atoms with E-state index in [0.717, 1.165) is 11.3 Å². The Kier molecular flexibility index (Phi) is 7.17. The van der Waals surface area contributed by atoms with Crippen LogP contribution in [0.3, 0.4) is 0 Å². The fourth-order valence-electron chi connectivity index (χ4n) is 2.12. The number of hydrogen-bond acceptors (Lipinski definition) is 3. The van der Waals surface area contributed by atoms with Crippen LogP contribution < -0.4 is 10.6 Å². The van der Waals surface area contributed by atoms with Crippen LogP contribution in [0.5, 0.6) is 0 Å². The first-order valence-corrected chi connectivity index (χ1v) is 8.77. The standard InChI is InChI=1S/C20H32N2O3/c1-14(2)20(6,25)13-21-17(23)11-15-7-9-16(10-8-15)22-18(24)12-19(3,4)5/h7-10,14,25H,11-13H2,1-6H3,(H,21,23)(H,22,24). The fraction of sp³-hybridized carbons (Fsp3) is 0.600. The minimum atomic E-state index is -0.920. The molecule has 1 rings (SSSR count). The Bertz CT molecular complexity index is 584. The van der Waals surface area contributed by atoms with Gasteiger partial charge in [0.15, 0.2) is 0 Å². The molecule has 0 bridgehead atoms. The highest BCUT2D eigenvalue weighted by Crippen LogP contribution is 2.20. The van der Waals surface area contributed by atoms with Crippen molar-refractivity contribution in [2.45, 2.75) is 60.0 Å². The summed E-state index contributed by atoms with van der Waals surface area (Å²) in [4.78, 5) is 23.9. The van der Waals surface area contributed by atoms with Gasteiger partial charge in [-0.25, -0.2) is 0 Å². The van der Waals surface area contributed by atoms with Crippen molar-refractivity contribution in [3.8, 4) is 0 Å². The minimum Gasteiger partial charge on any atom is -0.388 e. The van der Waals surface area contributed by atoms with E-state index in [1.165, 1.54) is 0 Å². The van der Waals surface area contributed by atoms with Gasteiger partial charge in [-0.2, -0.15) is 0 Å². The quantitative estimate of drug-likeness (QED) is 0.708. The Morgan fingerprint density at radius 3 is 2.08 bits per heavy atom. The zero-order valence-corrected chi connectivity index (χ0v) is 16.3. The summed E-state index contributed by atoms with van der Waals surface area (Å²) in [5.41, 5.74) is 0.604. The van der Waals surface area contributed by atoms with E-state index >= 15 is 0 Å². The highest BCUT2D eigenvalue weighted by Gasteiger charge is 2.25. The molecule has 0 heterocycles. The molecule has 140 valence electrons. The van der Waals surface area contributed by atoms with E-state index in [1.807, 2.05) is 46.8 Å². The number of carbonyl (C=O) groups excluding carboxylic acids is 2. The Hall–Kier alpha value is -1.88. The predicted octanol–water partition coefficient (Wildman–Crippen LogP) is 3.13. The maximum Gasteiger partial charge on any atom is 0.224 e. The van der Waals surface area contributed by atoms with E-state index in [0.29, 0.717) is 6.42 Å². The lowest BCUT2D eigenvalue weighted by atomic mass is 9.92. The van der Waals surface area contributed by atoms with Crippen LogP contribution in [0.2, 0.25) is 0 Å². The Balaban J connectivity index is 2.51. The van der Waals surface area contributed by atoms with Crippen LogP contribution in [0.4, 0.5) is 5.69 Å². The van der Waals surface area contributed by atoms with Crippen LogP contribution in [0.15, 0.2) is 24.3 Å². The molecule has 5 nitrogen and oxygen atoms in total. The van der Waals surface area contributed by atoms with E-state index in [2.05, 4.69) is 10.6 Å². The number of nitrogens with one attached hydrogen (secondary N) is 2. The van der Waals surface area contributed by atoms with Gasteiger partial charge in [0.2, 0.25) is 11.8 Å². The largest absolute Gasteiger partial charge is 0.388 e. The average molecular weight is 348 g/mol. The summed E-state index contributed by atoms with van der Waals surface area (Å²) in [6.07, 6.45) is 0.692. The molecule has 0 aromatic heterocycles. The second-order valence-electron chi connectivity index (χ2n) is 8.45. The molecule has 0 radical (unpaired) electrons. The molecule has 1 aromatic carbocycles. The van der Waals surface area contributed by atoms with Crippen LogP contribution in [-0.2, 0) is 16.0 Å². The lowest BCUT2D eigenvalue weighted by molar-refractivity contribution is -0.122. The van der Waals surface area contributed by atoms with E-state index in [9.17, 15) is 14.7 Å². The maximum absolute atomic E-state index is 12.0. The molecule has 0 spiro atoms. The van der Waals surface area contributed by atoms with Crippen molar-refractivity contribution in [2.75, 3.05) is 11.9 Å². The average Bonchev–Trinajstić information content (AvgIpc) is 2.45. The van der Waals surface area contributed by atoms with Crippen LogP contribution in [0.25, 0.3) is 0 Å². The first-order chi connectivity index (χ1) is 11.4. The van der Waals surface area contributed by atoms with E-state index in [1.54, 1.807) is 19.1 Å². The topological polar surface area (TPSA) is 78.4 Å². The molecule has 1 unspecified atom stereocenters. The maximum atomic E-state index is 12.0. The minimum absolute atomic E-state index is 0.0195. The molecule has 0 fully saturated rings. The number of rotatable bonds is 7. The smallest absolute Gasteiger partial charge is 0.224 e. The Morgan fingerprint density at radius 1 is 1.04 bits per heavy atom. The van der Waals surface area contributed by atoms with Crippen molar-refractivity contribution in [3.63, 3.8) is 0 Å². The van der Waals surface area contributed by atoms with Gasteiger partial charge in [0.1, 0.15) is 0 Å². The number of benzene rings is 1. The van der Waals surface area contributed by atoms with Crippen molar-refractivity contribution in [1.29, 1.82) is 0 Å². The first kappa shape index (κ1) is 21.2. The summed E-state index contributed by atoms with van der Waals surface area (Å²) < 4.78 is 0. The van der Waals surface area contributed by atoms with Crippen LogP contribution >= 0.6 is 0 Å². The summed E-state index contributed by atoms with van der Waals surface area (Å²) in [5.74, 6) is -0.0943. The number of hydrogen-bond donors (Lipinski definition) is 3. The zero-order valence-electron chi connectivity index (χ0n) is 16.3. The molecule has 0 aliphatic heterocycles. The van der Waals surface area contributed by atoms with Gasteiger partial charge in [-0.3, -0.25) is 9.59 Å². The Morgan fingerprint density at radius 2 is 1.60 bits per heavy atom. The second-order valence-corrected chi connectivity index (χ2v) is 8.45. The summed E-state index contributed by atoms with van der Waals surface area (Å²) in [6.45, 7) is 11.8. The molecule has 2 amide bonds. The third-order valence-electron chi connectivity index (χ3n) is 4.18. The van der Waals surface area contributed by atoms with Crippen molar-refractivity contribution in [3.05, 3.63) is 29.8 Å². The second kappa shape index (κ2) is 8.48. The Labute approximate surface area is 151 Å². The van der Waals surface area contributed by atoms with Crippen molar-refractivity contribution in [1.82, 2.24) is 5.32 Å². The van der Waals surface area contributed by atoms with Crippen LogP contribution in [-0.4, -0.2) is 29.1 Å². The van der Waals surface area contributed by atoms with Crippen molar-refractivity contribution < 1.29 is 14.7 Å². The normalized spacial score (nSPS) is 14.1.